The number of halogens is 1. The predicted molar refractivity (Wildman–Crippen MR) is 212 cm³/mol. The molecule has 1 aliphatic carbocycles. The lowest BCUT2D eigenvalue weighted by molar-refractivity contribution is -0.237. The lowest BCUT2D eigenvalue weighted by atomic mass is 9.65. The highest BCUT2D eigenvalue weighted by atomic mass is 35.5. The van der Waals surface area contributed by atoms with Crippen molar-refractivity contribution in [1.82, 2.24) is 9.62 Å². The van der Waals surface area contributed by atoms with Gasteiger partial charge in [-0.05, 0) is 123 Å². The Morgan fingerprint density at radius 2 is 1.55 bits per heavy atom. The summed E-state index contributed by atoms with van der Waals surface area (Å²) >= 11 is 6.39. The van der Waals surface area contributed by atoms with Crippen LogP contribution in [0.2, 0.25) is 5.02 Å². The van der Waals surface area contributed by atoms with Crippen LogP contribution in [0, 0.1) is 23.7 Å². The molecule has 3 amide bonds. The Hall–Kier alpha value is -3.97. The minimum Gasteiger partial charge on any atom is -0.487 e. The summed E-state index contributed by atoms with van der Waals surface area (Å²) in [6.07, 6.45) is 6.32. The lowest BCUT2D eigenvalue weighted by Gasteiger charge is -2.48. The van der Waals surface area contributed by atoms with E-state index < -0.39 is 33.5 Å². The standard InChI is InChI=1S/C43H50ClN3O8S/c1-26-8-7-12-37(43-54-24-33(25-55-43)47-41(49)35-10-3-4-11-36(35)42(47)50)34-17-14-30(34)22-46-19-6-5-9-28-20-32(44)16-13-31(28)23-53-39-18-15-29(21-38(39)46)40(48)45-56(51,52)27(26)2/h3-4,10-11,13,15-16,18,20-21,26-27,30,33-34,37,43H,5-9,12,14,17,19,22-25H2,1-2H3,(H,45,48)/t26-,27+,30-,33?,34+,37+,43?/m0/s1. The number of benzene rings is 3. The Kier molecular flexibility index (Phi) is 11.2. The van der Waals surface area contributed by atoms with E-state index in [1.54, 1.807) is 49.4 Å². The first-order chi connectivity index (χ1) is 27.0. The number of fused-ring (bicyclic) bond motifs is 4. The third-order valence-corrected chi connectivity index (χ3v) is 15.0. The number of amides is 3. The molecule has 4 aliphatic heterocycles. The van der Waals surface area contributed by atoms with Gasteiger partial charge in [-0.25, -0.2) is 13.1 Å². The Labute approximate surface area is 334 Å². The Morgan fingerprint density at radius 1 is 0.804 bits per heavy atom. The van der Waals surface area contributed by atoms with Crippen LogP contribution in [0.1, 0.15) is 101 Å². The number of carbonyl (C=O) groups excluding carboxylic acids is 3. The molecule has 298 valence electrons. The zero-order valence-corrected chi connectivity index (χ0v) is 33.5. The van der Waals surface area contributed by atoms with E-state index in [1.165, 1.54) is 4.90 Å². The zero-order valence-electron chi connectivity index (χ0n) is 32.0. The highest BCUT2D eigenvalue weighted by Crippen LogP contribution is 2.46. The molecule has 5 aliphatic rings. The van der Waals surface area contributed by atoms with E-state index >= 15 is 0 Å². The Balaban J connectivity index is 1.08. The van der Waals surface area contributed by atoms with E-state index in [9.17, 15) is 22.8 Å². The van der Waals surface area contributed by atoms with Crippen molar-refractivity contribution in [3.05, 3.63) is 93.5 Å². The van der Waals surface area contributed by atoms with Crippen LogP contribution in [0.5, 0.6) is 5.75 Å². The minimum atomic E-state index is -3.99. The van der Waals surface area contributed by atoms with Gasteiger partial charge in [-0.1, -0.05) is 43.1 Å². The maximum Gasteiger partial charge on any atom is 0.264 e. The Bertz CT molecular complexity index is 2070. The molecule has 8 rings (SSSR count). The van der Waals surface area contributed by atoms with Gasteiger partial charge in [-0.15, -0.1) is 0 Å². The summed E-state index contributed by atoms with van der Waals surface area (Å²) in [5.74, 6) is -0.301. The molecule has 1 N–H and O–H groups in total. The summed E-state index contributed by atoms with van der Waals surface area (Å²) in [6, 6.07) is 17.4. The van der Waals surface area contributed by atoms with Crippen molar-refractivity contribution in [1.29, 1.82) is 0 Å². The number of ether oxygens (including phenoxy) is 3. The van der Waals surface area contributed by atoms with Crippen LogP contribution in [-0.2, 0) is 32.5 Å². The molecule has 3 aromatic rings. The Morgan fingerprint density at radius 3 is 2.27 bits per heavy atom. The number of nitrogens with zero attached hydrogens (tertiary/aromatic N) is 2. The summed E-state index contributed by atoms with van der Waals surface area (Å²) < 4.78 is 49.0. The number of rotatable bonds is 2. The second-order valence-corrected chi connectivity index (χ2v) is 18.7. The third-order valence-electron chi connectivity index (χ3n) is 12.9. The molecule has 1 saturated heterocycles. The highest BCUT2D eigenvalue weighted by Gasteiger charge is 2.46. The molecule has 1 saturated carbocycles. The number of aryl methyl sites for hydroxylation is 1. The molecule has 56 heavy (non-hydrogen) atoms. The smallest absolute Gasteiger partial charge is 0.264 e. The summed E-state index contributed by atoms with van der Waals surface area (Å²) in [5, 5.41) is -0.111. The molecule has 13 heteroatoms. The second kappa shape index (κ2) is 16.1. The largest absolute Gasteiger partial charge is 0.487 e. The molecule has 3 aromatic carbocycles. The molecule has 0 radical (unpaired) electrons. The van der Waals surface area contributed by atoms with Gasteiger partial charge in [0.05, 0.1) is 41.3 Å². The number of hydrogen-bond acceptors (Lipinski definition) is 9. The summed E-state index contributed by atoms with van der Waals surface area (Å²) in [5.41, 5.74) is 4.03. The first kappa shape index (κ1) is 38.9. The van der Waals surface area contributed by atoms with E-state index in [0.717, 1.165) is 74.8 Å². The van der Waals surface area contributed by atoms with Crippen molar-refractivity contribution in [2.24, 2.45) is 23.7 Å². The van der Waals surface area contributed by atoms with Crippen LogP contribution >= 0.6 is 11.6 Å². The summed E-state index contributed by atoms with van der Waals surface area (Å²) in [4.78, 5) is 43.7. The summed E-state index contributed by atoms with van der Waals surface area (Å²) in [7, 11) is -3.99. The van der Waals surface area contributed by atoms with Gasteiger partial charge >= 0.3 is 0 Å². The second-order valence-electron chi connectivity index (χ2n) is 16.3. The van der Waals surface area contributed by atoms with Crippen molar-refractivity contribution in [2.75, 3.05) is 31.2 Å². The molecule has 0 unspecified atom stereocenters. The van der Waals surface area contributed by atoms with Gasteiger partial charge in [0.25, 0.3) is 17.7 Å². The summed E-state index contributed by atoms with van der Waals surface area (Å²) in [6.45, 7) is 5.71. The SMILES string of the molecule is C[C@@H]1[C@@H](C)CCC[C@@H](C2OCC(N3C(=O)c4ccccc4C3=O)CO2)[C@@H]2CC[C@H]2CN2CCCCc3cc(Cl)ccc3COc3ccc(cc32)C(=O)NS1(=O)=O. The molecule has 11 nitrogen and oxygen atoms in total. The fraction of sp³-hybridized carbons (Fsp3) is 0.512. The monoisotopic (exact) mass is 803 g/mol. The van der Waals surface area contributed by atoms with Gasteiger partial charge in [0.1, 0.15) is 12.4 Å². The van der Waals surface area contributed by atoms with Crippen LogP contribution < -0.4 is 14.4 Å². The quantitative estimate of drug-likeness (QED) is 0.272. The molecule has 4 heterocycles. The average Bonchev–Trinajstić information content (AvgIpc) is 3.42. The maximum absolute atomic E-state index is 13.6. The van der Waals surface area contributed by atoms with E-state index in [0.29, 0.717) is 40.8 Å². The van der Waals surface area contributed by atoms with Gasteiger partial charge in [0, 0.05) is 29.6 Å². The minimum absolute atomic E-state index is 0.0221. The van der Waals surface area contributed by atoms with Crippen molar-refractivity contribution >= 4 is 45.0 Å². The van der Waals surface area contributed by atoms with Gasteiger partial charge < -0.3 is 19.1 Å². The number of nitrogens with one attached hydrogen (secondary N) is 1. The van der Waals surface area contributed by atoms with Gasteiger partial charge in [0.2, 0.25) is 10.0 Å². The number of sulfonamides is 1. The van der Waals surface area contributed by atoms with Crippen molar-refractivity contribution in [3.8, 4) is 5.75 Å². The van der Waals surface area contributed by atoms with Crippen LogP contribution in [-0.4, -0.2) is 74.9 Å². The first-order valence-corrected chi connectivity index (χ1v) is 22.0. The van der Waals surface area contributed by atoms with Crippen LogP contribution in [0.4, 0.5) is 5.69 Å². The van der Waals surface area contributed by atoms with Crippen molar-refractivity contribution < 1.29 is 37.0 Å². The number of carbonyl (C=O) groups is 3. The molecule has 2 fully saturated rings. The fourth-order valence-electron chi connectivity index (χ4n) is 9.24. The van der Waals surface area contributed by atoms with Crippen LogP contribution in [0.3, 0.4) is 0 Å². The van der Waals surface area contributed by atoms with Gasteiger partial charge in [-0.3, -0.25) is 19.3 Å². The molecule has 2 bridgehead atoms. The van der Waals surface area contributed by atoms with Crippen molar-refractivity contribution in [2.45, 2.75) is 89.4 Å². The van der Waals surface area contributed by atoms with E-state index in [2.05, 4.69) is 9.62 Å². The van der Waals surface area contributed by atoms with E-state index in [1.807, 2.05) is 25.1 Å². The fourth-order valence-corrected chi connectivity index (χ4v) is 10.7. The molecular weight excluding hydrogens is 754 g/mol. The number of hydrogen-bond donors (Lipinski definition) is 1. The lowest BCUT2D eigenvalue weighted by Crippen LogP contribution is -2.53. The number of anilines is 1. The van der Waals surface area contributed by atoms with Crippen molar-refractivity contribution in [3.63, 3.8) is 0 Å². The van der Waals surface area contributed by atoms with Crippen LogP contribution in [0.15, 0.2) is 60.7 Å². The first-order valence-electron chi connectivity index (χ1n) is 20.0. The number of imide groups is 1. The van der Waals surface area contributed by atoms with Gasteiger partial charge in [0.15, 0.2) is 6.29 Å². The predicted octanol–water partition coefficient (Wildman–Crippen LogP) is 7.01. The third kappa shape index (κ3) is 7.69. The van der Waals surface area contributed by atoms with Gasteiger partial charge in [-0.2, -0.15) is 0 Å². The topological polar surface area (TPSA) is 132 Å². The maximum atomic E-state index is 13.6. The molecule has 0 spiro atoms. The highest BCUT2D eigenvalue weighted by molar-refractivity contribution is 7.90. The van der Waals surface area contributed by atoms with Crippen LogP contribution in [0.25, 0.3) is 0 Å². The van der Waals surface area contributed by atoms with E-state index in [-0.39, 0.29) is 48.3 Å². The zero-order chi connectivity index (χ0) is 39.1. The molecular formula is C43H50ClN3O8S. The molecule has 0 aromatic heterocycles. The molecule has 5 atom stereocenters. The average molecular weight is 804 g/mol. The normalized spacial score (nSPS) is 29.8. The van der Waals surface area contributed by atoms with E-state index in [4.69, 9.17) is 25.8 Å².